The lowest BCUT2D eigenvalue weighted by atomic mass is 10.0. The van der Waals surface area contributed by atoms with E-state index < -0.39 is 17.0 Å². The Hall–Kier alpha value is -2.78. The van der Waals surface area contributed by atoms with Gasteiger partial charge in [0.25, 0.3) is 5.56 Å². The zero-order valence-corrected chi connectivity index (χ0v) is 16.5. The molecule has 29 heavy (non-hydrogen) atoms. The number of carbonyl (C=O) groups is 1. The average Bonchev–Trinajstić information content (AvgIpc) is 3.50. The molecule has 0 amide bonds. The molecule has 8 nitrogen and oxygen atoms in total. The maximum Gasteiger partial charge on any atom is 0.330 e. The molecule has 1 fully saturated rings. The summed E-state index contributed by atoms with van der Waals surface area (Å²) >= 11 is 0. The summed E-state index contributed by atoms with van der Waals surface area (Å²) in [7, 11) is 1.47. The van der Waals surface area contributed by atoms with E-state index in [-0.39, 0.29) is 49.0 Å². The predicted octanol–water partition coefficient (Wildman–Crippen LogP) is 1.31. The minimum absolute atomic E-state index is 0.101. The molecule has 9 heteroatoms. The summed E-state index contributed by atoms with van der Waals surface area (Å²) in [5.41, 5.74) is 4.71. The number of ether oxygens (including phenoxy) is 1. The van der Waals surface area contributed by atoms with Crippen molar-refractivity contribution < 1.29 is 13.9 Å². The van der Waals surface area contributed by atoms with Gasteiger partial charge in [-0.15, -0.1) is 0 Å². The van der Waals surface area contributed by atoms with Crippen LogP contribution in [-0.2, 0) is 11.3 Å². The lowest BCUT2D eigenvalue weighted by Gasteiger charge is -2.29. The molecule has 0 bridgehead atoms. The number of nitrogen functional groups attached to an aromatic ring is 1. The quantitative estimate of drug-likeness (QED) is 0.610. The molecular formula is C20H25FN4O4. The molecule has 0 spiro atoms. The standard InChI is InChI=1S/C20H25FN4O4/c1-12(14-5-3-4-6-15(14)21)25(13-7-8-13)11-16(26)17-18(22)24(9-10-29-2)20(28)23-19(17)27/h3-6,12-13H,7-11,22H2,1-2H3,(H,23,27,28). The number of aromatic nitrogens is 2. The number of Topliss-reactive ketones (excluding diaryl/α,β-unsaturated/α-hetero) is 1. The highest BCUT2D eigenvalue weighted by Gasteiger charge is 2.36. The fraction of sp³-hybridized carbons (Fsp3) is 0.450. The van der Waals surface area contributed by atoms with Gasteiger partial charge in [-0.25, -0.2) is 9.18 Å². The van der Waals surface area contributed by atoms with Crippen LogP contribution in [0.3, 0.4) is 0 Å². The maximum atomic E-state index is 14.3. The van der Waals surface area contributed by atoms with Crippen LogP contribution in [0.25, 0.3) is 0 Å². The van der Waals surface area contributed by atoms with Crippen molar-refractivity contribution >= 4 is 11.6 Å². The van der Waals surface area contributed by atoms with Gasteiger partial charge in [0.05, 0.1) is 19.7 Å². The van der Waals surface area contributed by atoms with E-state index in [1.54, 1.807) is 18.2 Å². The number of rotatable bonds is 9. The van der Waals surface area contributed by atoms with Gasteiger partial charge < -0.3 is 10.5 Å². The Morgan fingerprint density at radius 3 is 2.69 bits per heavy atom. The van der Waals surface area contributed by atoms with Gasteiger partial charge in [-0.05, 0) is 25.8 Å². The highest BCUT2D eigenvalue weighted by molar-refractivity contribution is 6.01. The van der Waals surface area contributed by atoms with Crippen molar-refractivity contribution in [1.29, 1.82) is 0 Å². The first kappa shape index (κ1) is 20.9. The zero-order valence-electron chi connectivity index (χ0n) is 16.5. The minimum Gasteiger partial charge on any atom is -0.384 e. The Labute approximate surface area is 167 Å². The molecule has 3 rings (SSSR count). The summed E-state index contributed by atoms with van der Waals surface area (Å²) in [6.45, 7) is 2.03. The van der Waals surface area contributed by atoms with Crippen LogP contribution >= 0.6 is 0 Å². The SMILES string of the molecule is COCCn1c(N)c(C(=O)CN(C2CC2)C(C)c2ccccc2F)c(=O)[nH]c1=O. The number of nitrogens with one attached hydrogen (secondary N) is 1. The number of ketones is 1. The number of carbonyl (C=O) groups excluding carboxylic acids is 1. The highest BCUT2D eigenvalue weighted by Crippen LogP contribution is 2.35. The highest BCUT2D eigenvalue weighted by atomic mass is 19.1. The van der Waals surface area contributed by atoms with Crippen LogP contribution in [0.15, 0.2) is 33.9 Å². The molecule has 1 aliphatic rings. The van der Waals surface area contributed by atoms with Crippen molar-refractivity contribution in [2.75, 3.05) is 26.0 Å². The van der Waals surface area contributed by atoms with Gasteiger partial charge in [0.15, 0.2) is 5.78 Å². The smallest absolute Gasteiger partial charge is 0.330 e. The number of hydrogen-bond donors (Lipinski definition) is 2. The molecule has 0 radical (unpaired) electrons. The summed E-state index contributed by atoms with van der Waals surface area (Å²) in [5.74, 6) is -1.04. The summed E-state index contributed by atoms with van der Waals surface area (Å²) in [6, 6.07) is 6.21. The average molecular weight is 404 g/mol. The Morgan fingerprint density at radius 2 is 2.07 bits per heavy atom. The van der Waals surface area contributed by atoms with Crippen LogP contribution < -0.4 is 17.0 Å². The van der Waals surface area contributed by atoms with E-state index in [0.717, 1.165) is 17.4 Å². The molecule has 156 valence electrons. The van der Waals surface area contributed by atoms with E-state index in [1.165, 1.54) is 13.2 Å². The van der Waals surface area contributed by atoms with Crippen molar-refractivity contribution in [3.8, 4) is 0 Å². The number of anilines is 1. The van der Waals surface area contributed by atoms with E-state index in [0.29, 0.717) is 5.56 Å². The largest absolute Gasteiger partial charge is 0.384 e. The molecule has 1 unspecified atom stereocenters. The molecule has 1 heterocycles. The van der Waals surface area contributed by atoms with Gasteiger partial charge in [-0.2, -0.15) is 0 Å². The van der Waals surface area contributed by atoms with Gasteiger partial charge in [0, 0.05) is 24.8 Å². The van der Waals surface area contributed by atoms with Crippen molar-refractivity contribution in [3.63, 3.8) is 0 Å². The number of nitrogens with two attached hydrogens (primary N) is 1. The van der Waals surface area contributed by atoms with Gasteiger partial charge in [-0.1, -0.05) is 18.2 Å². The lowest BCUT2D eigenvalue weighted by molar-refractivity contribution is 0.0884. The molecular weight excluding hydrogens is 379 g/mol. The van der Waals surface area contributed by atoms with Crippen molar-refractivity contribution in [2.24, 2.45) is 0 Å². The fourth-order valence-electron chi connectivity index (χ4n) is 3.49. The van der Waals surface area contributed by atoms with Crippen LogP contribution in [-0.4, -0.2) is 46.5 Å². The van der Waals surface area contributed by atoms with Crippen LogP contribution in [0, 0.1) is 5.82 Å². The number of methoxy groups -OCH3 is 1. The molecule has 0 saturated heterocycles. The second-order valence-electron chi connectivity index (χ2n) is 7.19. The van der Waals surface area contributed by atoms with Gasteiger partial charge in [0.2, 0.25) is 0 Å². The molecule has 2 aromatic rings. The summed E-state index contributed by atoms with van der Waals surface area (Å²) < 4.78 is 20.3. The molecule has 0 aliphatic heterocycles. The first-order valence-electron chi connectivity index (χ1n) is 9.50. The minimum atomic E-state index is -0.819. The first-order valence-corrected chi connectivity index (χ1v) is 9.50. The lowest BCUT2D eigenvalue weighted by Crippen LogP contribution is -2.41. The molecule has 1 saturated carbocycles. The second kappa shape index (κ2) is 8.71. The van der Waals surface area contributed by atoms with Crippen molar-refractivity contribution in [1.82, 2.24) is 14.5 Å². The number of benzene rings is 1. The topological polar surface area (TPSA) is 110 Å². The number of H-pyrrole nitrogens is 1. The predicted molar refractivity (Wildman–Crippen MR) is 106 cm³/mol. The summed E-state index contributed by atoms with van der Waals surface area (Å²) in [6.07, 6.45) is 1.79. The van der Waals surface area contributed by atoms with Crippen molar-refractivity contribution in [3.05, 3.63) is 62.0 Å². The van der Waals surface area contributed by atoms with Crippen LogP contribution in [0.4, 0.5) is 10.2 Å². The molecule has 1 atom stereocenters. The van der Waals surface area contributed by atoms with E-state index >= 15 is 0 Å². The van der Waals surface area contributed by atoms with Gasteiger partial charge in [-0.3, -0.25) is 24.0 Å². The normalized spacial score (nSPS) is 14.9. The van der Waals surface area contributed by atoms with E-state index in [9.17, 15) is 18.8 Å². The zero-order chi connectivity index (χ0) is 21.1. The number of aromatic amines is 1. The molecule has 1 aliphatic carbocycles. The number of hydrogen-bond acceptors (Lipinski definition) is 6. The molecule has 1 aromatic heterocycles. The Morgan fingerprint density at radius 1 is 1.38 bits per heavy atom. The number of nitrogens with zero attached hydrogens (tertiary/aromatic N) is 2. The Balaban J connectivity index is 1.91. The van der Waals surface area contributed by atoms with Gasteiger partial charge in [0.1, 0.15) is 17.2 Å². The Bertz CT molecular complexity index is 1010. The fourth-order valence-corrected chi connectivity index (χ4v) is 3.49. The van der Waals surface area contributed by atoms with Crippen LogP contribution in [0.5, 0.6) is 0 Å². The van der Waals surface area contributed by atoms with E-state index in [2.05, 4.69) is 4.98 Å². The summed E-state index contributed by atoms with van der Waals surface area (Å²) in [5, 5.41) is 0. The van der Waals surface area contributed by atoms with Crippen molar-refractivity contribution in [2.45, 2.75) is 38.4 Å². The second-order valence-corrected chi connectivity index (χ2v) is 7.19. The number of halogens is 1. The van der Waals surface area contributed by atoms with Gasteiger partial charge >= 0.3 is 5.69 Å². The summed E-state index contributed by atoms with van der Waals surface area (Å²) in [4.78, 5) is 41.4. The van der Waals surface area contributed by atoms with E-state index in [4.69, 9.17) is 10.5 Å². The molecule has 3 N–H and O–H groups in total. The first-order chi connectivity index (χ1) is 13.8. The Kier molecular flexibility index (Phi) is 6.29. The molecule has 1 aromatic carbocycles. The third kappa shape index (κ3) is 4.46. The third-order valence-corrected chi connectivity index (χ3v) is 5.23. The van der Waals surface area contributed by atoms with E-state index in [1.807, 2.05) is 11.8 Å². The van der Waals surface area contributed by atoms with Crippen LogP contribution in [0.2, 0.25) is 0 Å². The monoisotopic (exact) mass is 404 g/mol. The van der Waals surface area contributed by atoms with Crippen LogP contribution in [0.1, 0.15) is 41.7 Å². The maximum absolute atomic E-state index is 14.3. The third-order valence-electron chi connectivity index (χ3n) is 5.23.